The summed E-state index contributed by atoms with van der Waals surface area (Å²) in [6, 6.07) is 5.65. The summed E-state index contributed by atoms with van der Waals surface area (Å²) in [5.41, 5.74) is 0.0795. The fraction of sp³-hybridized carbons (Fsp3) is 0.579. The molecule has 1 amide bonds. The van der Waals surface area contributed by atoms with Crippen LogP contribution in [0, 0.1) is 0 Å². The molecule has 0 bridgehead atoms. The van der Waals surface area contributed by atoms with E-state index in [2.05, 4.69) is 0 Å². The number of ether oxygens (including phenoxy) is 3. The number of sulfonamides is 1. The van der Waals surface area contributed by atoms with Crippen molar-refractivity contribution in [3.8, 4) is 0 Å². The molecule has 2 unspecified atom stereocenters. The van der Waals surface area contributed by atoms with Crippen molar-refractivity contribution in [2.75, 3.05) is 46.0 Å². The number of nitrogens with zero attached hydrogens (tertiary/aromatic N) is 2. The Balaban J connectivity index is 1.63. The topological polar surface area (TPSA) is 102 Å². The Morgan fingerprint density at radius 2 is 1.79 bits per heavy atom. The molecule has 10 heteroatoms. The van der Waals surface area contributed by atoms with E-state index in [0.717, 1.165) is 0 Å². The fourth-order valence-corrected chi connectivity index (χ4v) is 4.86. The van der Waals surface area contributed by atoms with Gasteiger partial charge in [-0.2, -0.15) is 4.31 Å². The van der Waals surface area contributed by atoms with Gasteiger partial charge in [0.25, 0.3) is 5.91 Å². The number of rotatable bonds is 5. The van der Waals surface area contributed by atoms with Gasteiger partial charge in [-0.1, -0.05) is 6.07 Å². The molecule has 2 aliphatic heterocycles. The molecular weight excluding hydrogens is 400 g/mol. The number of carbonyl (C=O) groups excluding carboxylic acids is 2. The molecular formula is C19H26N2O7S. The molecule has 0 N–H and O–H groups in total. The molecule has 3 rings (SSSR count). The van der Waals surface area contributed by atoms with Crippen LogP contribution in [0.2, 0.25) is 0 Å². The van der Waals surface area contributed by atoms with Crippen molar-refractivity contribution in [3.05, 3.63) is 29.8 Å². The van der Waals surface area contributed by atoms with Crippen LogP contribution in [0.25, 0.3) is 0 Å². The first-order chi connectivity index (χ1) is 13.8. The van der Waals surface area contributed by atoms with Crippen molar-refractivity contribution >= 4 is 21.9 Å². The molecule has 160 valence electrons. The number of hydrogen-bond acceptors (Lipinski definition) is 7. The number of morpholine rings is 2. The van der Waals surface area contributed by atoms with Gasteiger partial charge in [0.05, 0.1) is 35.9 Å². The highest BCUT2D eigenvalue weighted by molar-refractivity contribution is 7.89. The Kier molecular flexibility index (Phi) is 6.89. The summed E-state index contributed by atoms with van der Waals surface area (Å²) in [6.07, 6.45) is -0.166. The van der Waals surface area contributed by atoms with Gasteiger partial charge in [-0.25, -0.2) is 13.2 Å². The lowest BCUT2D eigenvalue weighted by Crippen LogP contribution is -2.49. The molecule has 0 spiro atoms. The summed E-state index contributed by atoms with van der Waals surface area (Å²) >= 11 is 0. The van der Waals surface area contributed by atoms with Crippen LogP contribution >= 0.6 is 0 Å². The monoisotopic (exact) mass is 426 g/mol. The summed E-state index contributed by atoms with van der Waals surface area (Å²) in [4.78, 5) is 26.3. The summed E-state index contributed by atoms with van der Waals surface area (Å²) in [7, 11) is -3.72. The molecule has 0 radical (unpaired) electrons. The largest absolute Gasteiger partial charge is 0.452 e. The van der Waals surface area contributed by atoms with Crippen LogP contribution in [0.1, 0.15) is 24.2 Å². The second-order valence-corrected chi connectivity index (χ2v) is 9.11. The highest BCUT2D eigenvalue weighted by Crippen LogP contribution is 2.19. The van der Waals surface area contributed by atoms with E-state index < -0.39 is 22.6 Å². The lowest BCUT2D eigenvalue weighted by Gasteiger charge is -2.35. The molecule has 2 heterocycles. The summed E-state index contributed by atoms with van der Waals surface area (Å²) in [6.45, 7) is 5.43. The van der Waals surface area contributed by atoms with E-state index in [1.807, 2.05) is 13.8 Å². The third kappa shape index (κ3) is 5.33. The SMILES string of the molecule is CC1CN(C(=O)COC(=O)c2cccc(S(=O)(=O)N3CCOCC3)c2)CC(C)O1. The first-order valence-corrected chi connectivity index (χ1v) is 11.0. The smallest absolute Gasteiger partial charge is 0.338 e. The lowest BCUT2D eigenvalue weighted by molar-refractivity contribution is -0.146. The molecule has 0 saturated carbocycles. The number of carbonyl (C=O) groups is 2. The van der Waals surface area contributed by atoms with Gasteiger partial charge in [-0.05, 0) is 32.0 Å². The zero-order valence-electron chi connectivity index (χ0n) is 16.6. The van der Waals surface area contributed by atoms with Crippen molar-refractivity contribution in [1.29, 1.82) is 0 Å². The maximum Gasteiger partial charge on any atom is 0.338 e. The van der Waals surface area contributed by atoms with Gasteiger partial charge in [-0.15, -0.1) is 0 Å². The van der Waals surface area contributed by atoms with Crippen LogP contribution in [-0.4, -0.2) is 87.7 Å². The molecule has 0 aromatic heterocycles. The predicted octanol–water partition coefficient (Wildman–Crippen LogP) is 0.500. The van der Waals surface area contributed by atoms with Gasteiger partial charge in [0.2, 0.25) is 10.0 Å². The molecule has 2 atom stereocenters. The highest BCUT2D eigenvalue weighted by Gasteiger charge is 2.28. The second kappa shape index (κ2) is 9.21. The molecule has 9 nitrogen and oxygen atoms in total. The van der Waals surface area contributed by atoms with Crippen molar-refractivity contribution in [2.24, 2.45) is 0 Å². The van der Waals surface area contributed by atoms with Crippen LogP contribution in [-0.2, 0) is 29.0 Å². The minimum absolute atomic E-state index is 0.0102. The number of hydrogen-bond donors (Lipinski definition) is 0. The van der Waals surface area contributed by atoms with E-state index in [9.17, 15) is 18.0 Å². The maximum absolute atomic E-state index is 12.7. The first kappa shape index (κ1) is 21.7. The standard InChI is InChI=1S/C19H26N2O7S/c1-14-11-20(12-15(2)28-14)18(22)13-27-19(23)16-4-3-5-17(10-16)29(24,25)21-6-8-26-9-7-21/h3-5,10,14-15H,6-9,11-13H2,1-2H3. The zero-order valence-corrected chi connectivity index (χ0v) is 17.4. The van der Waals surface area contributed by atoms with Crippen LogP contribution in [0.3, 0.4) is 0 Å². The van der Waals surface area contributed by atoms with Crippen molar-refractivity contribution in [3.63, 3.8) is 0 Å². The van der Waals surface area contributed by atoms with Gasteiger partial charge in [-0.3, -0.25) is 4.79 Å². The molecule has 29 heavy (non-hydrogen) atoms. The predicted molar refractivity (Wildman–Crippen MR) is 103 cm³/mol. The summed E-state index contributed by atoms with van der Waals surface area (Å²) < 4.78 is 42.7. The Hall–Kier alpha value is -2.01. The van der Waals surface area contributed by atoms with Gasteiger partial charge >= 0.3 is 5.97 Å². The lowest BCUT2D eigenvalue weighted by atomic mass is 10.2. The third-order valence-corrected chi connectivity index (χ3v) is 6.67. The zero-order chi connectivity index (χ0) is 21.0. The minimum Gasteiger partial charge on any atom is -0.452 e. The van der Waals surface area contributed by atoms with Crippen LogP contribution in [0.4, 0.5) is 0 Å². The molecule has 2 saturated heterocycles. The average molecular weight is 426 g/mol. The molecule has 2 aliphatic rings. The highest BCUT2D eigenvalue weighted by atomic mass is 32.2. The molecule has 1 aromatic carbocycles. The van der Waals surface area contributed by atoms with E-state index in [0.29, 0.717) is 26.3 Å². The van der Waals surface area contributed by atoms with Gasteiger partial charge in [0.15, 0.2) is 6.61 Å². The van der Waals surface area contributed by atoms with E-state index >= 15 is 0 Å². The maximum atomic E-state index is 12.7. The molecule has 0 aliphatic carbocycles. The van der Waals surface area contributed by atoms with Gasteiger partial charge < -0.3 is 19.1 Å². The van der Waals surface area contributed by atoms with Crippen LogP contribution in [0.15, 0.2) is 29.2 Å². The Bertz CT molecular complexity index is 842. The molecule has 2 fully saturated rings. The number of amides is 1. The van der Waals surface area contributed by atoms with Crippen LogP contribution < -0.4 is 0 Å². The second-order valence-electron chi connectivity index (χ2n) is 7.18. The summed E-state index contributed by atoms with van der Waals surface area (Å²) in [5.74, 6) is -1.05. The number of esters is 1. The first-order valence-electron chi connectivity index (χ1n) is 9.55. The average Bonchev–Trinajstić information content (AvgIpc) is 2.71. The molecule has 1 aromatic rings. The van der Waals surface area contributed by atoms with E-state index in [1.165, 1.54) is 28.6 Å². The Morgan fingerprint density at radius 1 is 1.14 bits per heavy atom. The summed E-state index contributed by atoms with van der Waals surface area (Å²) in [5, 5.41) is 0. The minimum atomic E-state index is -3.72. The van der Waals surface area contributed by atoms with E-state index in [1.54, 1.807) is 4.90 Å². The van der Waals surface area contributed by atoms with Crippen molar-refractivity contribution < 1.29 is 32.2 Å². The normalized spacial score (nSPS) is 23.6. The van der Waals surface area contributed by atoms with Gasteiger partial charge in [0, 0.05) is 26.2 Å². The number of benzene rings is 1. The third-order valence-electron chi connectivity index (χ3n) is 4.78. The quantitative estimate of drug-likeness (QED) is 0.632. The van der Waals surface area contributed by atoms with Crippen LogP contribution in [0.5, 0.6) is 0 Å². The Labute approximate surface area is 170 Å². The van der Waals surface area contributed by atoms with E-state index in [4.69, 9.17) is 14.2 Å². The van der Waals surface area contributed by atoms with Crippen molar-refractivity contribution in [2.45, 2.75) is 31.0 Å². The van der Waals surface area contributed by atoms with E-state index in [-0.39, 0.29) is 41.7 Å². The van der Waals surface area contributed by atoms with Gasteiger partial charge in [0.1, 0.15) is 0 Å². The Morgan fingerprint density at radius 3 is 2.45 bits per heavy atom. The van der Waals surface area contributed by atoms with Crippen molar-refractivity contribution in [1.82, 2.24) is 9.21 Å². The fourth-order valence-electron chi connectivity index (χ4n) is 3.40.